The van der Waals surface area contributed by atoms with Gasteiger partial charge in [0.2, 0.25) is 0 Å². The molecule has 1 N–H and O–H groups in total. The Bertz CT molecular complexity index is 407. The summed E-state index contributed by atoms with van der Waals surface area (Å²) in [5.74, 6) is -0.460. The van der Waals surface area contributed by atoms with E-state index in [1.54, 1.807) is 27.7 Å². The van der Waals surface area contributed by atoms with Gasteiger partial charge in [-0.25, -0.2) is 9.59 Å². The molecule has 22 heavy (non-hydrogen) atoms. The number of alkyl halides is 1. The zero-order valence-electron chi connectivity index (χ0n) is 14.5. The van der Waals surface area contributed by atoms with E-state index >= 15 is 0 Å². The van der Waals surface area contributed by atoms with Gasteiger partial charge in [0.1, 0.15) is 5.60 Å². The van der Waals surface area contributed by atoms with Crippen molar-refractivity contribution < 1.29 is 19.1 Å². The summed E-state index contributed by atoms with van der Waals surface area (Å²) in [4.78, 5) is 23.3. The average molecular weight is 334 g/mol. The molecule has 0 rings (SSSR count). The van der Waals surface area contributed by atoms with Gasteiger partial charge in [-0.1, -0.05) is 26.8 Å². The van der Waals surface area contributed by atoms with Crippen LogP contribution in [0.1, 0.15) is 48.5 Å². The highest BCUT2D eigenvalue weighted by Crippen LogP contribution is 2.26. The minimum atomic E-state index is -0.588. The first-order chi connectivity index (χ1) is 9.86. The van der Waals surface area contributed by atoms with Gasteiger partial charge in [-0.15, -0.1) is 11.6 Å². The van der Waals surface area contributed by atoms with Crippen molar-refractivity contribution in [3.63, 3.8) is 0 Å². The number of esters is 1. The van der Waals surface area contributed by atoms with Crippen molar-refractivity contribution in [1.29, 1.82) is 0 Å². The Labute approximate surface area is 138 Å². The molecular formula is C16H28ClNO4. The zero-order valence-corrected chi connectivity index (χ0v) is 15.3. The molecular weight excluding hydrogens is 306 g/mol. The van der Waals surface area contributed by atoms with Gasteiger partial charge in [-0.2, -0.15) is 0 Å². The number of carbonyl (C=O) groups excluding carboxylic acids is 2. The Morgan fingerprint density at radius 2 is 1.73 bits per heavy atom. The second-order valence-corrected chi connectivity index (χ2v) is 7.55. The third-order valence-electron chi connectivity index (χ3n) is 2.63. The van der Waals surface area contributed by atoms with Crippen molar-refractivity contribution in [1.82, 2.24) is 5.32 Å². The number of nitrogens with one attached hydrogen (secondary N) is 1. The van der Waals surface area contributed by atoms with Gasteiger partial charge in [0.15, 0.2) is 0 Å². The van der Waals surface area contributed by atoms with Crippen molar-refractivity contribution in [2.24, 2.45) is 5.41 Å². The van der Waals surface area contributed by atoms with Gasteiger partial charge in [0.25, 0.3) is 0 Å². The summed E-state index contributed by atoms with van der Waals surface area (Å²) in [5.41, 5.74) is -0.905. The van der Waals surface area contributed by atoms with Crippen LogP contribution in [-0.2, 0) is 14.3 Å². The van der Waals surface area contributed by atoms with Crippen LogP contribution in [0.15, 0.2) is 12.2 Å². The Kier molecular flexibility index (Phi) is 7.94. The topological polar surface area (TPSA) is 64.6 Å². The highest BCUT2D eigenvalue weighted by atomic mass is 35.5. The largest absolute Gasteiger partial charge is 0.463 e. The van der Waals surface area contributed by atoms with Crippen LogP contribution in [-0.4, -0.2) is 35.7 Å². The quantitative estimate of drug-likeness (QED) is 0.474. The molecule has 0 heterocycles. The van der Waals surface area contributed by atoms with E-state index in [0.29, 0.717) is 6.61 Å². The molecule has 0 unspecified atom stereocenters. The fourth-order valence-electron chi connectivity index (χ4n) is 1.68. The first-order valence-corrected chi connectivity index (χ1v) is 7.79. The molecule has 128 valence electrons. The molecule has 6 heteroatoms. The lowest BCUT2D eigenvalue weighted by Gasteiger charge is -2.34. The predicted molar refractivity (Wildman–Crippen MR) is 88.0 cm³/mol. The van der Waals surface area contributed by atoms with Gasteiger partial charge in [-0.3, -0.25) is 0 Å². The molecule has 0 aliphatic carbocycles. The third kappa shape index (κ3) is 8.93. The van der Waals surface area contributed by atoms with Gasteiger partial charge < -0.3 is 14.8 Å². The third-order valence-corrected chi connectivity index (χ3v) is 3.02. The molecule has 0 aromatic heterocycles. The van der Waals surface area contributed by atoms with Crippen LogP contribution in [0.5, 0.6) is 0 Å². The number of ether oxygens (including phenoxy) is 2. The summed E-state index contributed by atoms with van der Waals surface area (Å²) in [6.07, 6.45) is 2.26. The van der Waals surface area contributed by atoms with E-state index in [0.717, 1.165) is 0 Å². The fraction of sp³-hybridized carbons (Fsp3) is 0.750. The summed E-state index contributed by atoms with van der Waals surface area (Å²) in [7, 11) is 0. The molecule has 0 aromatic rings. The Morgan fingerprint density at radius 3 is 2.14 bits per heavy atom. The number of amides is 1. The minimum absolute atomic E-state index is 0.301. The van der Waals surface area contributed by atoms with E-state index in [9.17, 15) is 9.59 Å². The van der Waals surface area contributed by atoms with E-state index in [-0.39, 0.29) is 5.41 Å². The molecule has 1 amide bonds. The molecule has 0 saturated heterocycles. The monoisotopic (exact) mass is 333 g/mol. The maximum Gasteiger partial charge on any atom is 0.407 e. The highest BCUT2D eigenvalue weighted by Gasteiger charge is 2.32. The molecule has 0 spiro atoms. The lowest BCUT2D eigenvalue weighted by molar-refractivity contribution is -0.137. The lowest BCUT2D eigenvalue weighted by Crippen LogP contribution is -2.50. The van der Waals surface area contributed by atoms with Crippen molar-refractivity contribution >= 4 is 23.7 Å². The first-order valence-electron chi connectivity index (χ1n) is 7.35. The van der Waals surface area contributed by atoms with Crippen LogP contribution in [0.2, 0.25) is 0 Å². The summed E-state index contributed by atoms with van der Waals surface area (Å²) in [6.45, 7) is 13.2. The number of carbonyl (C=O) groups is 2. The fourth-order valence-corrected chi connectivity index (χ4v) is 2.19. The van der Waals surface area contributed by atoms with Gasteiger partial charge in [0, 0.05) is 6.08 Å². The van der Waals surface area contributed by atoms with Gasteiger partial charge in [-0.05, 0) is 33.1 Å². The van der Waals surface area contributed by atoms with E-state index < -0.39 is 29.1 Å². The molecule has 2 atom stereocenters. The van der Waals surface area contributed by atoms with Crippen molar-refractivity contribution in [2.45, 2.75) is 65.5 Å². The maximum atomic E-state index is 12.0. The number of hydrogen-bond acceptors (Lipinski definition) is 4. The molecule has 5 nitrogen and oxygen atoms in total. The number of alkyl carbamates (subject to hydrolysis) is 1. The van der Waals surface area contributed by atoms with Gasteiger partial charge >= 0.3 is 12.1 Å². The highest BCUT2D eigenvalue weighted by molar-refractivity contribution is 6.22. The first kappa shape index (κ1) is 20.8. The smallest absolute Gasteiger partial charge is 0.407 e. The molecule has 0 aliphatic rings. The molecule has 0 saturated carbocycles. The van der Waals surface area contributed by atoms with Crippen molar-refractivity contribution in [3.8, 4) is 0 Å². The Balaban J connectivity index is 4.92. The van der Waals surface area contributed by atoms with Crippen molar-refractivity contribution in [3.05, 3.63) is 12.2 Å². The maximum absolute atomic E-state index is 12.0. The van der Waals surface area contributed by atoms with Crippen LogP contribution < -0.4 is 5.32 Å². The average Bonchev–Trinajstić information content (AvgIpc) is 2.30. The predicted octanol–water partition coefficient (Wildman–Crippen LogP) is 3.65. The number of rotatable bonds is 5. The van der Waals surface area contributed by atoms with E-state index in [1.165, 1.54) is 12.2 Å². The SMILES string of the molecule is CCOC(=O)/C=C/[C@H](Cl)[C@H](NC(=O)OC(C)(C)C)C(C)(C)C. The summed E-state index contributed by atoms with van der Waals surface area (Å²) >= 11 is 6.33. The normalized spacial score (nSPS) is 15.3. The Hall–Kier alpha value is -1.23. The van der Waals surface area contributed by atoms with E-state index in [1.807, 2.05) is 20.8 Å². The Morgan fingerprint density at radius 1 is 1.18 bits per heavy atom. The standard InChI is InChI=1S/C16H28ClNO4/c1-8-21-12(19)10-9-11(17)13(15(2,3)4)18-14(20)22-16(5,6)7/h9-11,13H,8H2,1-7H3,(H,18,20)/b10-9+/t11-,13-/m0/s1. The minimum Gasteiger partial charge on any atom is -0.463 e. The molecule has 0 radical (unpaired) electrons. The summed E-state index contributed by atoms with van der Waals surface area (Å²) in [5, 5.41) is 2.20. The van der Waals surface area contributed by atoms with Crippen LogP contribution in [0, 0.1) is 5.41 Å². The second kappa shape index (κ2) is 8.42. The summed E-state index contributed by atoms with van der Waals surface area (Å²) in [6, 6.07) is -0.408. The van der Waals surface area contributed by atoms with E-state index in [2.05, 4.69) is 5.32 Å². The van der Waals surface area contributed by atoms with Crippen molar-refractivity contribution in [2.75, 3.05) is 6.61 Å². The van der Waals surface area contributed by atoms with Crippen LogP contribution in [0.25, 0.3) is 0 Å². The molecule has 0 bridgehead atoms. The molecule has 0 aliphatic heterocycles. The second-order valence-electron chi connectivity index (χ2n) is 7.05. The number of halogens is 1. The zero-order chi connectivity index (χ0) is 17.6. The van der Waals surface area contributed by atoms with Crippen LogP contribution >= 0.6 is 11.6 Å². The summed E-state index contributed by atoms with van der Waals surface area (Å²) < 4.78 is 10.1. The van der Waals surface area contributed by atoms with Crippen LogP contribution in [0.4, 0.5) is 4.79 Å². The van der Waals surface area contributed by atoms with E-state index in [4.69, 9.17) is 21.1 Å². The van der Waals surface area contributed by atoms with Crippen LogP contribution in [0.3, 0.4) is 0 Å². The van der Waals surface area contributed by atoms with Gasteiger partial charge in [0.05, 0.1) is 18.0 Å². The lowest BCUT2D eigenvalue weighted by atomic mass is 9.84. The molecule has 0 fully saturated rings. The number of hydrogen-bond donors (Lipinski definition) is 1. The molecule has 0 aromatic carbocycles.